The number of thioether (sulfide) groups is 1. The number of rotatable bonds is 8. The van der Waals surface area contributed by atoms with E-state index >= 15 is 0 Å². The Morgan fingerprint density at radius 2 is 1.69 bits per heavy atom. The zero-order chi connectivity index (χ0) is 18.4. The van der Waals surface area contributed by atoms with E-state index < -0.39 is 18.1 Å². The number of aliphatic hydroxyl groups excluding tert-OH is 3. The molecule has 3 unspecified atom stereocenters. The molecule has 0 bridgehead atoms. The van der Waals surface area contributed by atoms with Crippen molar-refractivity contribution in [2.75, 3.05) is 5.75 Å². The van der Waals surface area contributed by atoms with Gasteiger partial charge in [-0.3, -0.25) is 5.10 Å². The minimum Gasteiger partial charge on any atom is -0.392 e. The van der Waals surface area contributed by atoms with Gasteiger partial charge in [0.25, 0.3) is 0 Å². The van der Waals surface area contributed by atoms with Crippen LogP contribution >= 0.6 is 11.8 Å². The van der Waals surface area contributed by atoms with Gasteiger partial charge in [-0.1, -0.05) is 66.4 Å². The van der Waals surface area contributed by atoms with Crippen LogP contribution in [0.2, 0.25) is 0 Å². The maximum absolute atomic E-state index is 11.0. The van der Waals surface area contributed by atoms with Crippen LogP contribution in [0.4, 0.5) is 0 Å². The molecule has 4 N–H and O–H groups in total. The Kier molecular flexibility index (Phi) is 6.40. The van der Waals surface area contributed by atoms with Crippen LogP contribution in [0.15, 0.2) is 66.1 Å². The van der Waals surface area contributed by atoms with Gasteiger partial charge in [0.1, 0.15) is 6.33 Å². The summed E-state index contributed by atoms with van der Waals surface area (Å²) in [5.74, 6) is -0.132. The zero-order valence-corrected chi connectivity index (χ0v) is 14.9. The van der Waals surface area contributed by atoms with Gasteiger partial charge in [0.15, 0.2) is 5.16 Å². The van der Waals surface area contributed by atoms with Gasteiger partial charge in [0.05, 0.1) is 18.8 Å². The average molecular weight is 371 g/mol. The average Bonchev–Trinajstić information content (AvgIpc) is 3.21. The van der Waals surface area contributed by atoms with Gasteiger partial charge in [-0.15, -0.1) is 0 Å². The molecular weight excluding hydrogens is 350 g/mol. The molecular formula is C19H21N3O3S. The van der Waals surface area contributed by atoms with Gasteiger partial charge in [0, 0.05) is 11.7 Å². The van der Waals surface area contributed by atoms with E-state index in [1.165, 1.54) is 18.1 Å². The van der Waals surface area contributed by atoms with Crippen LogP contribution in [-0.4, -0.2) is 42.4 Å². The summed E-state index contributed by atoms with van der Waals surface area (Å²) < 4.78 is 0. The first-order valence-corrected chi connectivity index (χ1v) is 9.26. The van der Waals surface area contributed by atoms with Crippen molar-refractivity contribution in [2.45, 2.75) is 29.9 Å². The Labute approximate surface area is 155 Å². The summed E-state index contributed by atoms with van der Waals surface area (Å²) >= 11 is 1.35. The summed E-state index contributed by atoms with van der Waals surface area (Å²) in [4.78, 5) is 4.04. The molecule has 3 rings (SSSR count). The molecule has 0 aliphatic carbocycles. The van der Waals surface area contributed by atoms with E-state index in [1.807, 2.05) is 30.3 Å². The molecule has 136 valence electrons. The highest BCUT2D eigenvalue weighted by Gasteiger charge is 2.30. The third-order valence-electron chi connectivity index (χ3n) is 4.23. The number of aliphatic hydroxyl groups is 3. The number of benzene rings is 2. The van der Waals surface area contributed by atoms with E-state index in [4.69, 9.17) is 0 Å². The Hall–Kier alpha value is -2.19. The van der Waals surface area contributed by atoms with Crippen LogP contribution in [0.3, 0.4) is 0 Å². The van der Waals surface area contributed by atoms with Gasteiger partial charge in [0.2, 0.25) is 0 Å². The molecule has 0 fully saturated rings. The minimum absolute atomic E-state index is 0.0467. The number of nitrogens with one attached hydrogen (secondary N) is 1. The Balaban J connectivity index is 1.82. The van der Waals surface area contributed by atoms with E-state index in [1.54, 1.807) is 24.3 Å². The van der Waals surface area contributed by atoms with Crippen molar-refractivity contribution in [3.05, 3.63) is 77.6 Å². The topological polar surface area (TPSA) is 102 Å². The van der Waals surface area contributed by atoms with Crippen LogP contribution in [-0.2, 0) is 6.61 Å². The van der Waals surface area contributed by atoms with Gasteiger partial charge < -0.3 is 15.3 Å². The van der Waals surface area contributed by atoms with E-state index in [9.17, 15) is 15.3 Å². The molecule has 6 nitrogen and oxygen atoms in total. The van der Waals surface area contributed by atoms with Crippen molar-refractivity contribution in [1.29, 1.82) is 0 Å². The van der Waals surface area contributed by atoms with E-state index in [-0.39, 0.29) is 6.61 Å². The number of hydrogen-bond acceptors (Lipinski definition) is 6. The molecule has 26 heavy (non-hydrogen) atoms. The molecule has 0 radical (unpaired) electrons. The van der Waals surface area contributed by atoms with E-state index in [0.717, 1.165) is 11.1 Å². The van der Waals surface area contributed by atoms with E-state index in [0.29, 0.717) is 16.5 Å². The Bertz CT molecular complexity index is 782. The molecule has 7 heteroatoms. The molecule has 1 aromatic heterocycles. The molecule has 3 atom stereocenters. The molecule has 1 heterocycles. The van der Waals surface area contributed by atoms with Crippen molar-refractivity contribution in [3.8, 4) is 0 Å². The Morgan fingerprint density at radius 1 is 0.962 bits per heavy atom. The second kappa shape index (κ2) is 8.95. The molecule has 0 amide bonds. The highest BCUT2D eigenvalue weighted by molar-refractivity contribution is 7.99. The van der Waals surface area contributed by atoms with Crippen LogP contribution in [0.5, 0.6) is 0 Å². The number of H-pyrrole nitrogens is 1. The van der Waals surface area contributed by atoms with E-state index in [2.05, 4.69) is 15.2 Å². The lowest BCUT2D eigenvalue weighted by atomic mass is 9.85. The number of hydrogen-bond donors (Lipinski definition) is 4. The number of aromatic nitrogens is 3. The van der Waals surface area contributed by atoms with Gasteiger partial charge >= 0.3 is 0 Å². The van der Waals surface area contributed by atoms with Crippen LogP contribution in [0.1, 0.15) is 28.7 Å². The van der Waals surface area contributed by atoms with Gasteiger partial charge in [-0.2, -0.15) is 5.10 Å². The van der Waals surface area contributed by atoms with Crippen LogP contribution in [0, 0.1) is 0 Å². The summed E-state index contributed by atoms with van der Waals surface area (Å²) in [5.41, 5.74) is 2.33. The highest BCUT2D eigenvalue weighted by Crippen LogP contribution is 2.35. The normalized spacial score (nSPS) is 14.7. The zero-order valence-electron chi connectivity index (χ0n) is 14.1. The lowest BCUT2D eigenvalue weighted by Crippen LogP contribution is -2.27. The first-order chi connectivity index (χ1) is 12.7. The summed E-state index contributed by atoms with van der Waals surface area (Å²) in [6.45, 7) is -0.0467. The van der Waals surface area contributed by atoms with Crippen molar-refractivity contribution >= 4 is 11.8 Å². The second-order valence-corrected chi connectivity index (χ2v) is 6.96. The second-order valence-electron chi connectivity index (χ2n) is 5.95. The predicted octanol–water partition coefficient (Wildman–Crippen LogP) is 2.27. The first-order valence-electron chi connectivity index (χ1n) is 8.28. The molecule has 0 spiro atoms. The molecule has 3 aromatic rings. The Morgan fingerprint density at radius 3 is 2.31 bits per heavy atom. The monoisotopic (exact) mass is 371 g/mol. The smallest absolute Gasteiger partial charge is 0.183 e. The summed E-state index contributed by atoms with van der Waals surface area (Å²) in [6.07, 6.45) is -0.253. The van der Waals surface area contributed by atoms with Gasteiger partial charge in [-0.25, -0.2) is 4.98 Å². The van der Waals surface area contributed by atoms with Crippen LogP contribution in [0.25, 0.3) is 0 Å². The molecule has 0 aliphatic heterocycles. The fourth-order valence-electron chi connectivity index (χ4n) is 2.85. The summed E-state index contributed by atoms with van der Waals surface area (Å²) in [5, 5.41) is 38.1. The highest BCUT2D eigenvalue weighted by atomic mass is 32.2. The predicted molar refractivity (Wildman–Crippen MR) is 99.6 cm³/mol. The maximum atomic E-state index is 11.0. The van der Waals surface area contributed by atoms with Crippen molar-refractivity contribution in [3.63, 3.8) is 0 Å². The summed E-state index contributed by atoms with van der Waals surface area (Å²) in [6, 6.07) is 16.6. The lowest BCUT2D eigenvalue weighted by Gasteiger charge is -2.28. The van der Waals surface area contributed by atoms with Crippen molar-refractivity contribution in [2.24, 2.45) is 0 Å². The quantitative estimate of drug-likeness (QED) is 0.453. The third-order valence-corrected chi connectivity index (χ3v) is 5.21. The largest absolute Gasteiger partial charge is 0.392 e. The molecule has 0 saturated carbocycles. The fourth-order valence-corrected chi connectivity index (χ4v) is 3.62. The number of nitrogens with zero attached hydrogens (tertiary/aromatic N) is 2. The minimum atomic E-state index is -0.879. The van der Waals surface area contributed by atoms with Crippen molar-refractivity contribution < 1.29 is 15.3 Å². The fraction of sp³-hybridized carbons (Fsp3) is 0.263. The van der Waals surface area contributed by atoms with Crippen molar-refractivity contribution in [1.82, 2.24) is 15.2 Å². The number of aromatic amines is 1. The molecule has 0 saturated heterocycles. The maximum Gasteiger partial charge on any atom is 0.183 e. The van der Waals surface area contributed by atoms with Gasteiger partial charge in [-0.05, 0) is 16.7 Å². The first kappa shape index (κ1) is 18.6. The molecule has 2 aromatic carbocycles. The lowest BCUT2D eigenvalue weighted by molar-refractivity contribution is 0.0642. The standard InChI is InChI=1S/C19H21N3O3S/c23-10-13-6-8-15(9-7-13)18(25)17(14-4-2-1-3-5-14)16(24)11-26-19-20-12-21-22-19/h1-9,12,16-18,23-25H,10-11H2,(H,20,21,22). The van der Waals surface area contributed by atoms with Crippen LogP contribution < -0.4 is 0 Å². The summed E-state index contributed by atoms with van der Waals surface area (Å²) in [7, 11) is 0. The third kappa shape index (κ3) is 4.50. The SMILES string of the molecule is OCc1ccc(C(O)C(c2ccccc2)C(O)CSc2ncn[nH]2)cc1. The molecule has 0 aliphatic rings.